The van der Waals surface area contributed by atoms with Gasteiger partial charge in [0, 0.05) is 6.04 Å². The van der Waals surface area contributed by atoms with Crippen molar-refractivity contribution in [2.75, 3.05) is 5.32 Å². The standard InChI is InChI=1S/C24H30N2O3/c1-3-21(29-22-16-10-7-11-17(22)2)24(28)26-20-15-9-8-14-19(20)23(27)25-18-12-5-4-6-13-18/h7-11,14-16,18,21H,3-6,12-13H2,1-2H3,(H,25,27)(H,26,28)/t21-/m0/s1. The zero-order valence-corrected chi connectivity index (χ0v) is 17.2. The first-order chi connectivity index (χ1) is 14.1. The van der Waals surface area contributed by atoms with Gasteiger partial charge in [0.05, 0.1) is 11.3 Å². The minimum Gasteiger partial charge on any atom is -0.480 e. The van der Waals surface area contributed by atoms with Crippen LogP contribution in [0, 0.1) is 6.92 Å². The number of hydrogen-bond acceptors (Lipinski definition) is 3. The lowest BCUT2D eigenvalue weighted by Gasteiger charge is -2.23. The first-order valence-electron chi connectivity index (χ1n) is 10.5. The van der Waals surface area contributed by atoms with E-state index in [0.29, 0.717) is 23.4 Å². The Morgan fingerprint density at radius 2 is 1.72 bits per heavy atom. The molecule has 5 nitrogen and oxygen atoms in total. The number of hydrogen-bond donors (Lipinski definition) is 2. The molecule has 1 atom stereocenters. The molecule has 1 aliphatic rings. The van der Waals surface area contributed by atoms with E-state index in [0.717, 1.165) is 31.2 Å². The first kappa shape index (κ1) is 20.9. The number of anilines is 1. The van der Waals surface area contributed by atoms with Crippen LogP contribution in [-0.4, -0.2) is 24.0 Å². The lowest BCUT2D eigenvalue weighted by molar-refractivity contribution is -0.122. The van der Waals surface area contributed by atoms with Crippen molar-refractivity contribution < 1.29 is 14.3 Å². The maximum Gasteiger partial charge on any atom is 0.265 e. The highest BCUT2D eigenvalue weighted by molar-refractivity contribution is 6.04. The fourth-order valence-electron chi connectivity index (χ4n) is 3.68. The molecule has 0 bridgehead atoms. The molecule has 2 amide bonds. The number of para-hydroxylation sites is 2. The summed E-state index contributed by atoms with van der Waals surface area (Å²) < 4.78 is 5.94. The predicted octanol–water partition coefficient (Wildman–Crippen LogP) is 4.85. The number of carbonyl (C=O) groups excluding carboxylic acids is 2. The third kappa shape index (κ3) is 5.59. The Labute approximate surface area is 172 Å². The van der Waals surface area contributed by atoms with Crippen LogP contribution < -0.4 is 15.4 Å². The van der Waals surface area contributed by atoms with Gasteiger partial charge in [0.1, 0.15) is 5.75 Å². The summed E-state index contributed by atoms with van der Waals surface area (Å²) in [5.41, 5.74) is 1.97. The van der Waals surface area contributed by atoms with E-state index in [9.17, 15) is 9.59 Å². The molecular formula is C24H30N2O3. The Morgan fingerprint density at radius 3 is 2.45 bits per heavy atom. The number of ether oxygens (including phenoxy) is 1. The van der Waals surface area contributed by atoms with Gasteiger partial charge >= 0.3 is 0 Å². The topological polar surface area (TPSA) is 67.4 Å². The van der Waals surface area contributed by atoms with Gasteiger partial charge in [0.2, 0.25) is 0 Å². The summed E-state index contributed by atoms with van der Waals surface area (Å²) in [4.78, 5) is 25.7. The van der Waals surface area contributed by atoms with Crippen molar-refractivity contribution in [1.29, 1.82) is 0 Å². The zero-order chi connectivity index (χ0) is 20.6. The highest BCUT2D eigenvalue weighted by Crippen LogP contribution is 2.22. The van der Waals surface area contributed by atoms with Crippen LogP contribution in [0.25, 0.3) is 0 Å². The van der Waals surface area contributed by atoms with Gasteiger partial charge in [-0.3, -0.25) is 9.59 Å². The minimum absolute atomic E-state index is 0.138. The summed E-state index contributed by atoms with van der Waals surface area (Å²) in [7, 11) is 0. The fraction of sp³-hybridized carbons (Fsp3) is 0.417. The van der Waals surface area contributed by atoms with Crippen LogP contribution in [0.1, 0.15) is 61.4 Å². The average Bonchev–Trinajstić information content (AvgIpc) is 2.74. The summed E-state index contributed by atoms with van der Waals surface area (Å²) in [6.45, 7) is 3.86. The molecule has 154 valence electrons. The summed E-state index contributed by atoms with van der Waals surface area (Å²) in [6, 6.07) is 15.0. The Bertz CT molecular complexity index is 844. The average molecular weight is 395 g/mol. The number of nitrogens with one attached hydrogen (secondary N) is 2. The summed E-state index contributed by atoms with van der Waals surface area (Å²) in [6.07, 6.45) is 5.46. The van der Waals surface area contributed by atoms with Crippen molar-refractivity contribution in [3.8, 4) is 5.75 Å². The highest BCUT2D eigenvalue weighted by Gasteiger charge is 2.23. The van der Waals surface area contributed by atoms with E-state index in [1.807, 2.05) is 50.2 Å². The van der Waals surface area contributed by atoms with Gasteiger partial charge < -0.3 is 15.4 Å². The molecule has 0 radical (unpaired) electrons. The normalized spacial score (nSPS) is 15.4. The van der Waals surface area contributed by atoms with Crippen molar-refractivity contribution >= 4 is 17.5 Å². The van der Waals surface area contributed by atoms with Gasteiger partial charge in [-0.15, -0.1) is 0 Å². The first-order valence-corrected chi connectivity index (χ1v) is 10.5. The van der Waals surface area contributed by atoms with Crippen LogP contribution in [0.5, 0.6) is 5.75 Å². The molecule has 29 heavy (non-hydrogen) atoms. The molecule has 0 heterocycles. The molecular weight excluding hydrogens is 364 g/mol. The highest BCUT2D eigenvalue weighted by atomic mass is 16.5. The number of aryl methyl sites for hydroxylation is 1. The molecule has 0 unspecified atom stereocenters. The van der Waals surface area contributed by atoms with Crippen LogP contribution in [0.4, 0.5) is 5.69 Å². The van der Waals surface area contributed by atoms with Crippen molar-refractivity contribution in [2.24, 2.45) is 0 Å². The van der Waals surface area contributed by atoms with Gasteiger partial charge in [0.15, 0.2) is 6.10 Å². The molecule has 2 aromatic carbocycles. The lowest BCUT2D eigenvalue weighted by Crippen LogP contribution is -2.37. The molecule has 1 saturated carbocycles. The van der Waals surface area contributed by atoms with Crippen LogP contribution in [0.15, 0.2) is 48.5 Å². The monoisotopic (exact) mass is 394 g/mol. The minimum atomic E-state index is -0.634. The largest absolute Gasteiger partial charge is 0.480 e. The third-order valence-electron chi connectivity index (χ3n) is 5.40. The number of carbonyl (C=O) groups is 2. The van der Waals surface area contributed by atoms with Crippen molar-refractivity contribution in [3.63, 3.8) is 0 Å². The van der Waals surface area contributed by atoms with Gasteiger partial charge in [-0.25, -0.2) is 0 Å². The van der Waals surface area contributed by atoms with E-state index >= 15 is 0 Å². The lowest BCUT2D eigenvalue weighted by atomic mass is 9.95. The molecule has 2 N–H and O–H groups in total. The van der Waals surface area contributed by atoms with E-state index < -0.39 is 6.10 Å². The van der Waals surface area contributed by atoms with Gasteiger partial charge in [-0.2, -0.15) is 0 Å². The van der Waals surface area contributed by atoms with E-state index in [1.165, 1.54) is 6.42 Å². The second-order valence-corrected chi connectivity index (χ2v) is 7.62. The SMILES string of the molecule is CC[C@H](Oc1ccccc1C)C(=O)Nc1ccccc1C(=O)NC1CCCCC1. The number of benzene rings is 2. The van der Waals surface area contributed by atoms with Gasteiger partial charge in [-0.1, -0.05) is 56.5 Å². The summed E-state index contributed by atoms with van der Waals surface area (Å²) >= 11 is 0. The van der Waals surface area contributed by atoms with Gasteiger partial charge in [0.25, 0.3) is 11.8 Å². The molecule has 5 heteroatoms. The predicted molar refractivity (Wildman–Crippen MR) is 115 cm³/mol. The number of rotatable bonds is 7. The van der Waals surface area contributed by atoms with E-state index in [-0.39, 0.29) is 17.9 Å². The Kier molecular flexibility index (Phi) is 7.28. The van der Waals surface area contributed by atoms with E-state index in [2.05, 4.69) is 10.6 Å². The second-order valence-electron chi connectivity index (χ2n) is 7.62. The van der Waals surface area contributed by atoms with Gasteiger partial charge in [-0.05, 0) is 49.9 Å². The van der Waals surface area contributed by atoms with Crippen LogP contribution >= 0.6 is 0 Å². The third-order valence-corrected chi connectivity index (χ3v) is 5.40. The maximum absolute atomic E-state index is 12.9. The van der Waals surface area contributed by atoms with Crippen molar-refractivity contribution in [1.82, 2.24) is 5.32 Å². The quantitative estimate of drug-likeness (QED) is 0.705. The second kappa shape index (κ2) is 10.1. The van der Waals surface area contributed by atoms with E-state index in [1.54, 1.807) is 12.1 Å². The molecule has 0 saturated heterocycles. The Morgan fingerprint density at radius 1 is 1.03 bits per heavy atom. The Balaban J connectivity index is 1.69. The van der Waals surface area contributed by atoms with Crippen molar-refractivity contribution in [2.45, 2.75) is 64.5 Å². The van der Waals surface area contributed by atoms with Crippen LogP contribution in [0.2, 0.25) is 0 Å². The molecule has 1 fully saturated rings. The zero-order valence-electron chi connectivity index (χ0n) is 17.2. The molecule has 1 aliphatic carbocycles. The van der Waals surface area contributed by atoms with Crippen molar-refractivity contribution in [3.05, 3.63) is 59.7 Å². The fourth-order valence-corrected chi connectivity index (χ4v) is 3.68. The maximum atomic E-state index is 12.9. The summed E-state index contributed by atoms with van der Waals surface area (Å²) in [5, 5.41) is 6.01. The van der Waals surface area contributed by atoms with Crippen LogP contribution in [-0.2, 0) is 4.79 Å². The van der Waals surface area contributed by atoms with E-state index in [4.69, 9.17) is 4.74 Å². The molecule has 0 aromatic heterocycles. The molecule has 2 aromatic rings. The van der Waals surface area contributed by atoms with Crippen LogP contribution in [0.3, 0.4) is 0 Å². The molecule has 0 spiro atoms. The molecule has 0 aliphatic heterocycles. The Hall–Kier alpha value is -2.82. The number of amides is 2. The summed E-state index contributed by atoms with van der Waals surface area (Å²) in [5.74, 6) is 0.298. The smallest absolute Gasteiger partial charge is 0.265 e. The molecule has 3 rings (SSSR count).